The molecule has 26 nitrogen and oxygen atoms in total. The predicted molar refractivity (Wildman–Crippen MR) is 449 cm³/mol. The van der Waals surface area contributed by atoms with Crippen molar-refractivity contribution in [3.05, 3.63) is 133 Å². The number of aromatic amines is 1. The summed E-state index contributed by atoms with van der Waals surface area (Å²) in [4.78, 5) is 97.5. The molecule has 26 heteroatoms. The maximum atomic E-state index is 13.6. The number of pyridine rings is 1. The number of nitrogens with two attached hydrogens (primary N) is 1. The number of fused-ring (bicyclic) bond motifs is 6. The molecule has 0 unspecified atom stereocenters. The van der Waals surface area contributed by atoms with Crippen molar-refractivity contribution in [1.82, 2.24) is 15.0 Å². The number of aromatic nitrogens is 3. The summed E-state index contributed by atoms with van der Waals surface area (Å²) in [5.74, 6) is -1.08. The van der Waals surface area contributed by atoms with E-state index in [4.69, 9.17) is 49.0 Å². The zero-order valence-electron chi connectivity index (χ0n) is 72.3. The number of ether oxygens (including phenoxy) is 7. The van der Waals surface area contributed by atoms with Gasteiger partial charge >= 0.3 is 29.8 Å². The SMILES string of the molecule is C=C[C@@]1(C)CC(=O)[C@]2(O)[C@@]3(C)[C@@H](O)CCC(C)(C)[C@@H]3[C@H](O)[C@H](OC(C)=O)[C@@]2(C)O1.CCC(C)(C)C(=O)O[C@H]1C[C@@H](C)C=C2C=C[C@H](C)[C@H](CC[C@@H]3C[C@@H](O)CC(=O)O3)[C@]21C.CC[C@H](C)C(=O)O[C@H]1C[C@H](O)C=C2C=C[C@H](C)[C@H](CC[C@@H](O)C[C@@H](O)CC(=O)O)[C@H]21.NC(=O)c1ccc(-c2nc(-c3ccc4c(c3)OCCO4)c(-c3ccccn3)[nH]2)cc1. The van der Waals surface area contributed by atoms with Crippen molar-refractivity contribution in [1.29, 1.82) is 0 Å². The number of benzene rings is 2. The zero-order valence-corrected chi connectivity index (χ0v) is 72.3. The number of amides is 1. The average molecular weight is 1670 g/mol. The summed E-state index contributed by atoms with van der Waals surface area (Å²) in [5, 5.41) is 83.7. The first kappa shape index (κ1) is 93.5. The van der Waals surface area contributed by atoms with Crippen molar-refractivity contribution in [2.45, 2.75) is 278 Å². The highest BCUT2D eigenvalue weighted by molar-refractivity contribution is 5.94. The first-order chi connectivity index (χ1) is 56.4. The summed E-state index contributed by atoms with van der Waals surface area (Å²) in [7, 11) is 0. The number of ketones is 1. The van der Waals surface area contributed by atoms with Crippen molar-refractivity contribution in [3.63, 3.8) is 0 Å². The molecule has 2 aromatic heterocycles. The number of aliphatic carboxylic acids is 1. The Balaban J connectivity index is 0.000000168. The molecule has 0 bridgehead atoms. The van der Waals surface area contributed by atoms with Crippen LogP contribution in [0.5, 0.6) is 11.5 Å². The van der Waals surface area contributed by atoms with Crippen LogP contribution in [0.15, 0.2) is 127 Å². The van der Waals surface area contributed by atoms with Crippen LogP contribution in [0.2, 0.25) is 0 Å². The number of imidazole rings is 1. The molecule has 1 amide bonds. The number of rotatable bonds is 22. The summed E-state index contributed by atoms with van der Waals surface area (Å²) in [6.07, 6.45) is 14.6. The number of primary amides is 1. The van der Waals surface area contributed by atoms with Crippen molar-refractivity contribution < 1.29 is 108 Å². The molecule has 4 fully saturated rings. The zero-order chi connectivity index (χ0) is 88.1. The molecule has 2 saturated heterocycles. The number of aliphatic hydroxyl groups is 7. The highest BCUT2D eigenvalue weighted by Crippen LogP contribution is 2.67. The number of carbonyl (C=O) groups excluding carboxylic acids is 6. The van der Waals surface area contributed by atoms with E-state index in [1.807, 2.05) is 109 Å². The number of allylic oxidation sites excluding steroid dienone is 5. The van der Waals surface area contributed by atoms with Crippen LogP contribution in [0, 0.1) is 69.0 Å². The molecule has 3 aliphatic heterocycles. The number of aliphatic hydroxyl groups excluding tert-OH is 6. The number of Topliss-reactive ketones (excluding diaryl/α,β-unsaturated/α-hetero) is 1. The molecule has 13 rings (SSSR count). The third kappa shape index (κ3) is 19.8. The number of nitrogens with one attached hydrogen (secondary N) is 1. The van der Waals surface area contributed by atoms with Crippen molar-refractivity contribution in [3.8, 4) is 45.5 Å². The van der Waals surface area contributed by atoms with E-state index in [1.165, 1.54) is 25.5 Å². The molecule has 5 heterocycles. The number of hydrogen-bond acceptors (Lipinski definition) is 23. The molecule has 2 saturated carbocycles. The lowest BCUT2D eigenvalue weighted by atomic mass is 9.40. The molecule has 656 valence electrons. The normalized spacial score (nSPS) is 33.3. The lowest BCUT2D eigenvalue weighted by molar-refractivity contribution is -0.370. The van der Waals surface area contributed by atoms with Crippen LogP contribution in [0.3, 0.4) is 0 Å². The van der Waals surface area contributed by atoms with Gasteiger partial charge in [-0.15, -0.1) is 6.58 Å². The molecule has 6 aliphatic carbocycles. The van der Waals surface area contributed by atoms with Gasteiger partial charge in [-0.3, -0.25) is 38.5 Å². The molecule has 0 radical (unpaired) electrons. The van der Waals surface area contributed by atoms with Gasteiger partial charge in [-0.05, 0) is 181 Å². The number of H-pyrrole nitrogens is 1. The fourth-order valence-corrected chi connectivity index (χ4v) is 20.1. The maximum Gasteiger partial charge on any atom is 0.311 e. The summed E-state index contributed by atoms with van der Waals surface area (Å²) in [6.45, 7) is 33.1. The van der Waals surface area contributed by atoms with Gasteiger partial charge in [0.05, 0.1) is 83.5 Å². The first-order valence-electron chi connectivity index (χ1n) is 42.7. The topological polar surface area (TPSA) is 414 Å². The minimum absolute atomic E-state index is 0.0156. The van der Waals surface area contributed by atoms with Crippen LogP contribution in [0.1, 0.15) is 211 Å². The van der Waals surface area contributed by atoms with Gasteiger partial charge in [-0.2, -0.15) is 0 Å². The Morgan fingerprint density at radius 3 is 2.14 bits per heavy atom. The Bertz CT molecular complexity index is 4470. The minimum atomic E-state index is -2.18. The lowest BCUT2D eigenvalue weighted by Crippen LogP contribution is -2.86. The van der Waals surface area contributed by atoms with E-state index < -0.39 is 111 Å². The Morgan fingerprint density at radius 2 is 1.51 bits per heavy atom. The van der Waals surface area contributed by atoms with Gasteiger partial charge in [-0.1, -0.05) is 130 Å². The van der Waals surface area contributed by atoms with E-state index in [9.17, 15) is 69.3 Å². The highest BCUT2D eigenvalue weighted by Gasteiger charge is 2.81. The number of cyclic esters (lactones) is 1. The Hall–Kier alpha value is -8.73. The number of hydrogen-bond donors (Lipinski definition) is 10. The van der Waals surface area contributed by atoms with Crippen LogP contribution < -0.4 is 15.2 Å². The molecular formula is C94H128N4O22. The number of nitrogens with zero attached hydrogens (tertiary/aromatic N) is 2. The van der Waals surface area contributed by atoms with Crippen molar-refractivity contribution in [2.24, 2.45) is 74.7 Å². The van der Waals surface area contributed by atoms with Gasteiger partial charge in [0.25, 0.3) is 0 Å². The van der Waals surface area contributed by atoms with Crippen LogP contribution in [-0.2, 0) is 52.5 Å². The van der Waals surface area contributed by atoms with Crippen LogP contribution in [-0.4, -0.2) is 188 Å². The number of carboxylic acid groups (broad SMARTS) is 1. The first-order valence-corrected chi connectivity index (χ1v) is 42.7. The quantitative estimate of drug-likeness (QED) is 0.0198. The van der Waals surface area contributed by atoms with E-state index in [1.54, 1.807) is 32.2 Å². The van der Waals surface area contributed by atoms with Gasteiger partial charge in [0.2, 0.25) is 5.91 Å². The summed E-state index contributed by atoms with van der Waals surface area (Å²) >= 11 is 0. The third-order valence-electron chi connectivity index (χ3n) is 27.4. The van der Waals surface area contributed by atoms with Crippen LogP contribution in [0.4, 0.5) is 0 Å². The number of carbonyl (C=O) groups is 7. The van der Waals surface area contributed by atoms with Gasteiger partial charge in [0.1, 0.15) is 43.0 Å². The molecule has 0 spiro atoms. The molecule has 2 aromatic carbocycles. The van der Waals surface area contributed by atoms with Crippen LogP contribution in [0.25, 0.3) is 34.0 Å². The largest absolute Gasteiger partial charge is 0.486 e. The second kappa shape index (κ2) is 37.9. The van der Waals surface area contributed by atoms with Gasteiger partial charge in [0.15, 0.2) is 29.0 Å². The summed E-state index contributed by atoms with van der Waals surface area (Å²) < 4.78 is 40.7. The molecule has 11 N–H and O–H groups in total. The highest BCUT2D eigenvalue weighted by atomic mass is 16.6. The Morgan fingerprint density at radius 1 is 0.825 bits per heavy atom. The summed E-state index contributed by atoms with van der Waals surface area (Å²) in [6, 6.07) is 18.5. The average Bonchev–Trinajstić information content (AvgIpc) is 0.735. The van der Waals surface area contributed by atoms with Gasteiger partial charge < -0.3 is 84.7 Å². The molecule has 120 heavy (non-hydrogen) atoms. The van der Waals surface area contributed by atoms with Crippen molar-refractivity contribution >= 4 is 41.5 Å². The van der Waals surface area contributed by atoms with E-state index in [0.717, 1.165) is 58.8 Å². The minimum Gasteiger partial charge on any atom is -0.486 e. The second-order valence-corrected chi connectivity index (χ2v) is 36.9. The van der Waals surface area contributed by atoms with Gasteiger partial charge in [-0.25, -0.2) is 4.98 Å². The second-order valence-electron chi connectivity index (χ2n) is 36.9. The third-order valence-corrected chi connectivity index (χ3v) is 27.4. The van der Waals surface area contributed by atoms with E-state index >= 15 is 0 Å². The lowest BCUT2D eigenvalue weighted by Gasteiger charge is -2.71. The Kier molecular flexibility index (Phi) is 29.6. The molecule has 9 aliphatic rings. The van der Waals surface area contributed by atoms with E-state index in [-0.39, 0.29) is 90.8 Å². The summed E-state index contributed by atoms with van der Waals surface area (Å²) in [5.41, 5.74) is 4.25. The standard InChI is InChI=1S/C26H40O5.C23H18N4O3.C23H36O7.C22H34O7/c1-7-25(4,5)24(29)31-22-13-16(2)12-18-9-8-17(3)21(26(18,22)6)11-10-20-14-19(27)15-23(28)30-20;24-22(28)14-4-6-15(7-5-14)23-26-20(21(27-23)17-3-1-2-10-25-17)16-8-9-18-19(13-16)30-12-11-29-18;1-4-13(2)23(29)30-20-11-17(25)9-15-6-5-14(3)19(22(15)20)8-7-16(24)10-18(26)12-21(27)28;1-8-19(5)11-14(25)22(27)20(6)13(24)9-10-18(3,4)16(20)15(26)17(28-12(2)23)21(22,7)29-19/h8-9,12,16-17,19-22,27H,7,10-11,13-15H2,1-6H3;1-10,13H,11-12H2,(H2,24,28)(H,26,27);5-6,9,13-14,16-20,22,24-26H,4,7-8,10-12H2,1-3H3,(H,27,28);8,13,15-17,24,26-27H,1,9-11H2,2-7H3/t16-,17-,19+,20+,21-,22-,26-;;13-,14-,16+,17+,18+,19-,20-,22-;13-,15-,16-,17-,19-,20-,21+,22-/m0.00/s1. The van der Waals surface area contributed by atoms with Crippen molar-refractivity contribution in [2.75, 3.05) is 13.2 Å². The Labute approximate surface area is 704 Å². The predicted octanol–water partition coefficient (Wildman–Crippen LogP) is 12.6. The molecule has 4 aromatic rings. The van der Waals surface area contributed by atoms with Crippen LogP contribution >= 0.6 is 0 Å². The monoisotopic (exact) mass is 1660 g/mol. The maximum absolute atomic E-state index is 13.6. The van der Waals surface area contributed by atoms with E-state index in [2.05, 4.69) is 68.5 Å². The smallest absolute Gasteiger partial charge is 0.311 e. The molecular weight excluding hydrogens is 1540 g/mol. The fraction of sp³-hybridized carbons (Fsp3) is 0.606. The van der Waals surface area contributed by atoms with Gasteiger partial charge in [0, 0.05) is 71.7 Å². The fourth-order valence-electron chi connectivity index (χ4n) is 20.1. The molecule has 23 atom stereocenters. The number of esters is 4. The van der Waals surface area contributed by atoms with E-state index in [0.29, 0.717) is 93.6 Å². The number of carboxylic acids is 1.